The van der Waals surface area contributed by atoms with Gasteiger partial charge in [-0.25, -0.2) is 4.39 Å². The molecular formula is C15H22FNO2. The van der Waals surface area contributed by atoms with Crippen LogP contribution < -0.4 is 5.32 Å². The Hall–Kier alpha value is -1.42. The average molecular weight is 267 g/mol. The first-order valence-electron chi connectivity index (χ1n) is 6.73. The van der Waals surface area contributed by atoms with Crippen LogP contribution in [-0.2, 0) is 4.79 Å². The van der Waals surface area contributed by atoms with Crippen molar-refractivity contribution < 1.29 is 14.3 Å². The maximum absolute atomic E-state index is 12.7. The Morgan fingerprint density at radius 1 is 1.37 bits per heavy atom. The van der Waals surface area contributed by atoms with E-state index < -0.39 is 6.10 Å². The Kier molecular flexibility index (Phi) is 6.50. The molecule has 0 spiro atoms. The van der Waals surface area contributed by atoms with Gasteiger partial charge in [-0.2, -0.15) is 0 Å². The maximum atomic E-state index is 12.7. The first kappa shape index (κ1) is 15.6. The fraction of sp³-hybridized carbons (Fsp3) is 0.533. The monoisotopic (exact) mass is 267 g/mol. The molecule has 19 heavy (non-hydrogen) atoms. The van der Waals surface area contributed by atoms with Crippen LogP contribution in [-0.4, -0.2) is 17.6 Å². The highest BCUT2D eigenvalue weighted by molar-refractivity contribution is 5.76. The van der Waals surface area contributed by atoms with Crippen molar-refractivity contribution in [1.82, 2.24) is 5.32 Å². The van der Waals surface area contributed by atoms with Crippen molar-refractivity contribution in [2.24, 2.45) is 5.92 Å². The molecule has 0 heterocycles. The van der Waals surface area contributed by atoms with Gasteiger partial charge in [-0.15, -0.1) is 0 Å². The zero-order valence-corrected chi connectivity index (χ0v) is 11.5. The molecule has 0 aromatic heterocycles. The van der Waals surface area contributed by atoms with Crippen LogP contribution in [0.3, 0.4) is 0 Å². The van der Waals surface area contributed by atoms with Crippen LogP contribution in [0.2, 0.25) is 0 Å². The second-order valence-corrected chi connectivity index (χ2v) is 4.97. The highest BCUT2D eigenvalue weighted by atomic mass is 19.1. The zero-order valence-electron chi connectivity index (χ0n) is 11.5. The molecule has 1 aromatic rings. The number of aliphatic hydroxyl groups excluding tert-OH is 1. The van der Waals surface area contributed by atoms with Crippen molar-refractivity contribution in [3.8, 4) is 0 Å². The molecule has 0 radical (unpaired) electrons. The zero-order chi connectivity index (χ0) is 14.3. The van der Waals surface area contributed by atoms with Gasteiger partial charge in [-0.3, -0.25) is 4.79 Å². The van der Waals surface area contributed by atoms with E-state index in [2.05, 4.69) is 12.2 Å². The molecule has 0 fully saturated rings. The van der Waals surface area contributed by atoms with Crippen LogP contribution in [0, 0.1) is 11.7 Å². The second kappa shape index (κ2) is 7.89. The van der Waals surface area contributed by atoms with Gasteiger partial charge in [0.2, 0.25) is 5.91 Å². The van der Waals surface area contributed by atoms with Crippen molar-refractivity contribution in [2.45, 2.75) is 39.2 Å². The summed E-state index contributed by atoms with van der Waals surface area (Å²) in [6.07, 6.45) is 1.76. The van der Waals surface area contributed by atoms with Crippen LogP contribution in [0.25, 0.3) is 0 Å². The summed E-state index contributed by atoms with van der Waals surface area (Å²) in [6.45, 7) is 4.29. The van der Waals surface area contributed by atoms with E-state index in [-0.39, 0.29) is 18.3 Å². The highest BCUT2D eigenvalue weighted by Gasteiger charge is 2.11. The van der Waals surface area contributed by atoms with Crippen molar-refractivity contribution in [2.75, 3.05) is 6.54 Å². The van der Waals surface area contributed by atoms with Crippen LogP contribution in [0.1, 0.15) is 44.8 Å². The molecule has 4 heteroatoms. The van der Waals surface area contributed by atoms with Crippen molar-refractivity contribution in [3.05, 3.63) is 35.6 Å². The number of carbonyl (C=O) groups excluding carboxylic acids is 1. The summed E-state index contributed by atoms with van der Waals surface area (Å²) in [5.41, 5.74) is 0.600. The Labute approximate surface area is 113 Å². The lowest BCUT2D eigenvalue weighted by Gasteiger charge is -2.14. The summed E-state index contributed by atoms with van der Waals surface area (Å²) >= 11 is 0. The molecule has 106 valence electrons. The molecule has 0 saturated carbocycles. The number of hydrogen-bond acceptors (Lipinski definition) is 2. The van der Waals surface area contributed by atoms with E-state index >= 15 is 0 Å². The molecule has 2 unspecified atom stereocenters. The molecule has 0 aliphatic rings. The van der Waals surface area contributed by atoms with Crippen LogP contribution >= 0.6 is 0 Å². The predicted molar refractivity (Wildman–Crippen MR) is 73.1 cm³/mol. The minimum absolute atomic E-state index is 0.0536. The SMILES string of the molecule is CCCC(C)CC(=O)NCC(O)c1ccc(F)cc1. The Bertz CT molecular complexity index is 392. The van der Waals surface area contributed by atoms with Gasteiger partial charge in [0, 0.05) is 13.0 Å². The number of nitrogens with one attached hydrogen (secondary N) is 1. The van der Waals surface area contributed by atoms with E-state index in [0.717, 1.165) is 12.8 Å². The van der Waals surface area contributed by atoms with Gasteiger partial charge in [-0.05, 0) is 23.6 Å². The second-order valence-electron chi connectivity index (χ2n) is 4.97. The summed E-state index contributed by atoms with van der Waals surface area (Å²) in [7, 11) is 0. The van der Waals surface area contributed by atoms with Gasteiger partial charge in [0.15, 0.2) is 0 Å². The largest absolute Gasteiger partial charge is 0.387 e. The van der Waals surface area contributed by atoms with Gasteiger partial charge >= 0.3 is 0 Å². The fourth-order valence-corrected chi connectivity index (χ4v) is 2.00. The molecule has 2 N–H and O–H groups in total. The van der Waals surface area contributed by atoms with E-state index in [1.807, 2.05) is 6.92 Å². The lowest BCUT2D eigenvalue weighted by Crippen LogP contribution is -2.29. The number of halogens is 1. The van der Waals surface area contributed by atoms with Crippen molar-refractivity contribution in [1.29, 1.82) is 0 Å². The third kappa shape index (κ3) is 5.83. The molecular weight excluding hydrogens is 245 g/mol. The summed E-state index contributed by atoms with van der Waals surface area (Å²) in [4.78, 5) is 11.6. The minimum atomic E-state index is -0.800. The Morgan fingerprint density at radius 3 is 2.58 bits per heavy atom. The number of hydrogen-bond donors (Lipinski definition) is 2. The first-order valence-corrected chi connectivity index (χ1v) is 6.73. The van der Waals surface area contributed by atoms with E-state index in [4.69, 9.17) is 0 Å². The molecule has 3 nitrogen and oxygen atoms in total. The topological polar surface area (TPSA) is 49.3 Å². The first-order chi connectivity index (χ1) is 9.02. The van der Waals surface area contributed by atoms with Crippen molar-refractivity contribution >= 4 is 5.91 Å². The predicted octanol–water partition coefficient (Wildman–Crippen LogP) is 2.80. The smallest absolute Gasteiger partial charge is 0.220 e. The summed E-state index contributed by atoms with van der Waals surface area (Å²) in [5, 5.41) is 12.6. The highest BCUT2D eigenvalue weighted by Crippen LogP contribution is 2.13. The van der Waals surface area contributed by atoms with E-state index in [1.54, 1.807) is 0 Å². The fourth-order valence-electron chi connectivity index (χ4n) is 2.00. The number of amides is 1. The molecule has 1 aromatic carbocycles. The maximum Gasteiger partial charge on any atom is 0.220 e. The van der Waals surface area contributed by atoms with Gasteiger partial charge < -0.3 is 10.4 Å². The third-order valence-corrected chi connectivity index (χ3v) is 3.06. The summed E-state index contributed by atoms with van der Waals surface area (Å²) in [6, 6.07) is 5.63. The van der Waals surface area contributed by atoms with Crippen LogP contribution in [0.5, 0.6) is 0 Å². The normalized spacial score (nSPS) is 13.9. The molecule has 0 saturated heterocycles. The van der Waals surface area contributed by atoms with E-state index in [1.165, 1.54) is 24.3 Å². The standard InChI is InChI=1S/C15H22FNO2/c1-3-4-11(2)9-15(19)17-10-14(18)12-5-7-13(16)8-6-12/h5-8,11,14,18H,3-4,9-10H2,1-2H3,(H,17,19). The number of carbonyl (C=O) groups is 1. The Morgan fingerprint density at radius 2 is 2.00 bits per heavy atom. The van der Waals surface area contributed by atoms with Crippen LogP contribution in [0.4, 0.5) is 4.39 Å². The van der Waals surface area contributed by atoms with E-state index in [0.29, 0.717) is 17.9 Å². The molecule has 0 bridgehead atoms. The number of aliphatic hydroxyl groups is 1. The van der Waals surface area contributed by atoms with Gasteiger partial charge in [-0.1, -0.05) is 38.8 Å². The summed E-state index contributed by atoms with van der Waals surface area (Å²) < 4.78 is 12.7. The van der Waals surface area contributed by atoms with Crippen LogP contribution in [0.15, 0.2) is 24.3 Å². The summed E-state index contributed by atoms with van der Waals surface area (Å²) in [5.74, 6) is -0.0385. The lowest BCUT2D eigenvalue weighted by atomic mass is 10.0. The van der Waals surface area contributed by atoms with Gasteiger partial charge in [0.1, 0.15) is 5.82 Å². The number of benzene rings is 1. The van der Waals surface area contributed by atoms with Gasteiger partial charge in [0.25, 0.3) is 0 Å². The molecule has 0 aliphatic carbocycles. The quantitative estimate of drug-likeness (QED) is 0.798. The molecule has 1 amide bonds. The average Bonchev–Trinajstić information content (AvgIpc) is 2.37. The van der Waals surface area contributed by atoms with Crippen molar-refractivity contribution in [3.63, 3.8) is 0 Å². The van der Waals surface area contributed by atoms with Gasteiger partial charge in [0.05, 0.1) is 6.10 Å². The third-order valence-electron chi connectivity index (χ3n) is 3.06. The Balaban J connectivity index is 2.35. The minimum Gasteiger partial charge on any atom is -0.387 e. The molecule has 2 atom stereocenters. The molecule has 1 rings (SSSR count). The lowest BCUT2D eigenvalue weighted by molar-refractivity contribution is -0.122. The molecule has 0 aliphatic heterocycles. The van der Waals surface area contributed by atoms with E-state index in [9.17, 15) is 14.3 Å². The number of rotatable bonds is 7.